The van der Waals surface area contributed by atoms with Crippen molar-refractivity contribution in [3.63, 3.8) is 0 Å². The number of nitrogens with one attached hydrogen (secondary N) is 2. The van der Waals surface area contributed by atoms with Gasteiger partial charge in [0.2, 0.25) is 11.8 Å². The Morgan fingerprint density at radius 1 is 1.60 bits per heavy atom. The molecule has 0 aliphatic carbocycles. The van der Waals surface area contributed by atoms with Gasteiger partial charge in [-0.2, -0.15) is 0 Å². The molecule has 3 unspecified atom stereocenters. The molecule has 6 nitrogen and oxygen atoms in total. The highest BCUT2D eigenvalue weighted by Crippen LogP contribution is 2.33. The van der Waals surface area contributed by atoms with Gasteiger partial charge in [-0.1, -0.05) is 12.1 Å². The number of likely N-dealkylation sites (tertiary alicyclic amines) is 1. The zero-order chi connectivity index (χ0) is 14.1. The third-order valence-corrected chi connectivity index (χ3v) is 4.48. The van der Waals surface area contributed by atoms with Gasteiger partial charge >= 0.3 is 0 Å². The van der Waals surface area contributed by atoms with Crippen molar-refractivity contribution in [2.24, 2.45) is 11.8 Å². The maximum Gasteiger partial charge on any atom is 0.240 e. The van der Waals surface area contributed by atoms with E-state index in [2.05, 4.69) is 27.6 Å². The van der Waals surface area contributed by atoms with Gasteiger partial charge in [-0.3, -0.25) is 15.0 Å². The SMILES string of the molecule is CCC1C2CNCC2CN1CC(=O)Nc1cc(C)no1. The summed E-state index contributed by atoms with van der Waals surface area (Å²) in [5.41, 5.74) is 0.772. The van der Waals surface area contributed by atoms with E-state index in [0.29, 0.717) is 30.3 Å². The highest BCUT2D eigenvalue weighted by molar-refractivity contribution is 5.91. The number of carbonyl (C=O) groups excluding carboxylic acids is 1. The molecule has 0 saturated carbocycles. The van der Waals surface area contributed by atoms with Gasteiger partial charge in [0.1, 0.15) is 0 Å². The molecule has 110 valence electrons. The Labute approximate surface area is 118 Å². The highest BCUT2D eigenvalue weighted by Gasteiger charge is 2.43. The zero-order valence-electron chi connectivity index (χ0n) is 12.1. The molecule has 0 aromatic carbocycles. The zero-order valence-corrected chi connectivity index (χ0v) is 12.1. The summed E-state index contributed by atoms with van der Waals surface area (Å²) < 4.78 is 5.02. The molecule has 1 aromatic heterocycles. The third kappa shape index (κ3) is 2.58. The number of carbonyl (C=O) groups is 1. The van der Waals surface area contributed by atoms with Crippen LogP contribution in [0.15, 0.2) is 10.6 Å². The van der Waals surface area contributed by atoms with Crippen LogP contribution in [-0.2, 0) is 4.79 Å². The number of anilines is 1. The molecule has 20 heavy (non-hydrogen) atoms. The minimum absolute atomic E-state index is 0.0208. The van der Waals surface area contributed by atoms with E-state index in [0.717, 1.165) is 31.7 Å². The van der Waals surface area contributed by atoms with Gasteiger partial charge in [0, 0.05) is 18.7 Å². The van der Waals surface area contributed by atoms with Crippen molar-refractivity contribution in [1.82, 2.24) is 15.4 Å². The van der Waals surface area contributed by atoms with Crippen LogP contribution in [0.2, 0.25) is 0 Å². The number of nitrogens with zero attached hydrogens (tertiary/aromatic N) is 2. The first-order valence-electron chi connectivity index (χ1n) is 7.35. The maximum absolute atomic E-state index is 12.1. The van der Waals surface area contributed by atoms with Gasteiger partial charge in [0.25, 0.3) is 0 Å². The first kappa shape index (κ1) is 13.6. The first-order valence-corrected chi connectivity index (χ1v) is 7.35. The summed E-state index contributed by atoms with van der Waals surface area (Å²) in [5.74, 6) is 1.80. The lowest BCUT2D eigenvalue weighted by molar-refractivity contribution is -0.117. The molecule has 6 heteroatoms. The van der Waals surface area contributed by atoms with Crippen LogP contribution >= 0.6 is 0 Å². The Balaban J connectivity index is 1.58. The quantitative estimate of drug-likeness (QED) is 0.854. The second kappa shape index (κ2) is 5.54. The summed E-state index contributed by atoms with van der Waals surface area (Å²) in [6.45, 7) is 7.66. The first-order chi connectivity index (χ1) is 9.67. The van der Waals surface area contributed by atoms with E-state index in [1.165, 1.54) is 0 Å². The number of amides is 1. The van der Waals surface area contributed by atoms with E-state index in [1.54, 1.807) is 6.07 Å². The average Bonchev–Trinajstić information content (AvgIpc) is 3.05. The standard InChI is InChI=1S/C14H22N4O2/c1-3-12-11-6-15-5-10(11)7-18(12)8-13(19)16-14-4-9(2)17-20-14/h4,10-12,15H,3,5-8H2,1-2H3,(H,16,19). The molecule has 3 atom stereocenters. The molecular weight excluding hydrogens is 256 g/mol. The van der Waals surface area contributed by atoms with E-state index < -0.39 is 0 Å². The second-order valence-electron chi connectivity index (χ2n) is 5.87. The minimum Gasteiger partial charge on any atom is -0.338 e. The van der Waals surface area contributed by atoms with Gasteiger partial charge in [-0.25, -0.2) is 0 Å². The Hall–Kier alpha value is -1.40. The Morgan fingerprint density at radius 3 is 3.15 bits per heavy atom. The fourth-order valence-electron chi connectivity index (χ4n) is 3.64. The number of aromatic nitrogens is 1. The fraction of sp³-hybridized carbons (Fsp3) is 0.714. The summed E-state index contributed by atoms with van der Waals surface area (Å²) in [6.07, 6.45) is 1.09. The Morgan fingerprint density at radius 2 is 2.45 bits per heavy atom. The lowest BCUT2D eigenvalue weighted by Gasteiger charge is -2.25. The van der Waals surface area contributed by atoms with Gasteiger partial charge < -0.3 is 9.84 Å². The van der Waals surface area contributed by atoms with Gasteiger partial charge in [-0.05, 0) is 38.3 Å². The molecular formula is C14H22N4O2. The topological polar surface area (TPSA) is 70.4 Å². The van der Waals surface area contributed by atoms with Crippen LogP contribution in [-0.4, -0.2) is 48.2 Å². The molecule has 1 aromatic rings. The van der Waals surface area contributed by atoms with Gasteiger partial charge in [0.05, 0.1) is 12.2 Å². The largest absolute Gasteiger partial charge is 0.338 e. The third-order valence-electron chi connectivity index (χ3n) is 4.48. The molecule has 0 spiro atoms. The van der Waals surface area contributed by atoms with Gasteiger partial charge in [-0.15, -0.1) is 0 Å². The normalized spacial score (nSPS) is 29.6. The molecule has 2 N–H and O–H groups in total. The van der Waals surface area contributed by atoms with Crippen molar-refractivity contribution in [3.8, 4) is 0 Å². The summed E-state index contributed by atoms with van der Waals surface area (Å²) >= 11 is 0. The van der Waals surface area contributed by atoms with Crippen LogP contribution in [0.25, 0.3) is 0 Å². The molecule has 1 amide bonds. The molecule has 2 saturated heterocycles. The maximum atomic E-state index is 12.1. The van der Waals surface area contributed by atoms with Crippen LogP contribution in [0.3, 0.4) is 0 Å². The summed E-state index contributed by atoms with van der Waals surface area (Å²) in [5, 5.41) is 10.00. The number of fused-ring (bicyclic) bond motifs is 1. The molecule has 2 aliphatic heterocycles. The molecule has 0 radical (unpaired) electrons. The summed E-state index contributed by atoms with van der Waals surface area (Å²) in [4.78, 5) is 14.4. The van der Waals surface area contributed by atoms with Crippen LogP contribution in [0, 0.1) is 18.8 Å². The lowest BCUT2D eigenvalue weighted by atomic mass is 9.93. The van der Waals surface area contributed by atoms with Gasteiger partial charge in [0.15, 0.2) is 0 Å². The molecule has 3 rings (SSSR count). The van der Waals surface area contributed by atoms with Crippen LogP contribution < -0.4 is 10.6 Å². The number of hydrogen-bond acceptors (Lipinski definition) is 5. The molecule has 3 heterocycles. The predicted octanol–water partition coefficient (Wildman–Crippen LogP) is 0.851. The monoisotopic (exact) mass is 278 g/mol. The van der Waals surface area contributed by atoms with Crippen LogP contribution in [0.4, 0.5) is 5.88 Å². The van der Waals surface area contributed by atoms with Crippen LogP contribution in [0.1, 0.15) is 19.0 Å². The average molecular weight is 278 g/mol. The van der Waals surface area contributed by atoms with Crippen molar-refractivity contribution in [1.29, 1.82) is 0 Å². The Kier molecular flexibility index (Phi) is 3.76. The second-order valence-corrected chi connectivity index (χ2v) is 5.87. The highest BCUT2D eigenvalue weighted by atomic mass is 16.5. The fourth-order valence-corrected chi connectivity index (χ4v) is 3.64. The van der Waals surface area contributed by atoms with E-state index in [-0.39, 0.29) is 5.91 Å². The number of aryl methyl sites for hydroxylation is 1. The van der Waals surface area contributed by atoms with Crippen molar-refractivity contribution in [2.75, 3.05) is 31.5 Å². The van der Waals surface area contributed by atoms with Crippen molar-refractivity contribution >= 4 is 11.8 Å². The van der Waals surface area contributed by atoms with Crippen molar-refractivity contribution in [3.05, 3.63) is 11.8 Å². The van der Waals surface area contributed by atoms with E-state index >= 15 is 0 Å². The molecule has 2 fully saturated rings. The Bertz CT molecular complexity index is 487. The molecule has 0 bridgehead atoms. The van der Waals surface area contributed by atoms with Crippen LogP contribution in [0.5, 0.6) is 0 Å². The summed E-state index contributed by atoms with van der Waals surface area (Å²) in [7, 11) is 0. The summed E-state index contributed by atoms with van der Waals surface area (Å²) in [6, 6.07) is 2.25. The number of hydrogen-bond donors (Lipinski definition) is 2. The molecule has 2 aliphatic rings. The lowest BCUT2D eigenvalue weighted by Crippen LogP contribution is -2.40. The predicted molar refractivity (Wildman–Crippen MR) is 75.4 cm³/mol. The smallest absolute Gasteiger partial charge is 0.240 e. The van der Waals surface area contributed by atoms with Crippen molar-refractivity contribution < 1.29 is 9.32 Å². The van der Waals surface area contributed by atoms with E-state index in [1.807, 2.05) is 6.92 Å². The van der Waals surface area contributed by atoms with E-state index in [4.69, 9.17) is 4.52 Å². The van der Waals surface area contributed by atoms with E-state index in [9.17, 15) is 4.79 Å². The van der Waals surface area contributed by atoms with Crippen molar-refractivity contribution in [2.45, 2.75) is 26.3 Å². The minimum atomic E-state index is -0.0208. The number of rotatable bonds is 4.